The molecule has 202 valence electrons. The van der Waals surface area contributed by atoms with Crippen molar-refractivity contribution in [3.8, 4) is 22.4 Å². The average Bonchev–Trinajstić information content (AvgIpc) is 3.33. The number of alkyl halides is 2. The number of carbonyl (C=O) groups is 1. The predicted octanol–water partition coefficient (Wildman–Crippen LogP) is 5.13. The van der Waals surface area contributed by atoms with Gasteiger partial charge in [-0.25, -0.2) is 22.9 Å². The third kappa shape index (κ3) is 5.93. The fourth-order valence-electron chi connectivity index (χ4n) is 4.94. The highest BCUT2D eigenvalue weighted by Crippen LogP contribution is 2.35. The van der Waals surface area contributed by atoms with Crippen LogP contribution in [0.2, 0.25) is 0 Å². The van der Waals surface area contributed by atoms with Gasteiger partial charge in [0.1, 0.15) is 11.6 Å². The van der Waals surface area contributed by atoms with E-state index >= 15 is 0 Å². The van der Waals surface area contributed by atoms with Gasteiger partial charge in [-0.3, -0.25) is 4.68 Å². The number of benzene rings is 1. The van der Waals surface area contributed by atoms with E-state index in [0.29, 0.717) is 31.9 Å². The topological polar surface area (TPSA) is 84.3 Å². The van der Waals surface area contributed by atoms with E-state index in [1.165, 1.54) is 6.07 Å². The molecular weight excluding hydrogens is 497 g/mol. The number of anilines is 2. The van der Waals surface area contributed by atoms with Crippen molar-refractivity contribution < 1.29 is 22.7 Å². The molecule has 1 aliphatic carbocycles. The minimum Gasteiger partial charge on any atom is -0.378 e. The zero-order valence-electron chi connectivity index (χ0n) is 21.4. The molecule has 1 aliphatic heterocycles. The molecule has 1 saturated carbocycles. The number of urea groups is 1. The number of nitrogens with one attached hydrogen (secondary N) is 2. The molecule has 11 heteroatoms. The summed E-state index contributed by atoms with van der Waals surface area (Å²) in [5.41, 5.74) is 3.83. The number of hydrogen-bond donors (Lipinski definition) is 2. The maximum absolute atomic E-state index is 14.9. The lowest BCUT2D eigenvalue weighted by Gasteiger charge is -2.29. The Balaban J connectivity index is 1.44. The fraction of sp³-hybridized carbons (Fsp3) is 0.444. The summed E-state index contributed by atoms with van der Waals surface area (Å²) < 4.78 is 49.0. The third-order valence-electron chi connectivity index (χ3n) is 7.07. The summed E-state index contributed by atoms with van der Waals surface area (Å²) in [5.74, 6) is -2.49. The molecule has 1 aromatic carbocycles. The van der Waals surface area contributed by atoms with E-state index in [9.17, 15) is 18.0 Å². The summed E-state index contributed by atoms with van der Waals surface area (Å²) in [7, 11) is 1.84. The summed E-state index contributed by atoms with van der Waals surface area (Å²) in [6.07, 6.45) is 3.44. The number of rotatable bonds is 5. The van der Waals surface area contributed by atoms with Crippen LogP contribution in [0, 0.1) is 12.7 Å². The van der Waals surface area contributed by atoms with Gasteiger partial charge >= 0.3 is 6.03 Å². The Morgan fingerprint density at radius 2 is 1.84 bits per heavy atom. The molecule has 0 spiro atoms. The van der Waals surface area contributed by atoms with Crippen LogP contribution in [0.4, 0.5) is 29.5 Å². The number of amides is 2. The SMILES string of the molecule is Cc1cc(F)c(NC(=O)NC2CCC(F)(F)CC2)cc1-c1cc(-c2cnn(C)c2)nc(N2CCOCC2)c1. The van der Waals surface area contributed by atoms with E-state index in [2.05, 4.69) is 20.6 Å². The molecule has 8 nitrogen and oxygen atoms in total. The van der Waals surface area contributed by atoms with Crippen LogP contribution < -0.4 is 15.5 Å². The second-order valence-electron chi connectivity index (χ2n) is 9.98. The number of morpholine rings is 1. The van der Waals surface area contributed by atoms with Crippen LogP contribution in [0.1, 0.15) is 31.2 Å². The van der Waals surface area contributed by atoms with E-state index in [0.717, 1.165) is 28.2 Å². The van der Waals surface area contributed by atoms with Gasteiger partial charge in [0.05, 0.1) is 30.8 Å². The molecule has 2 amide bonds. The van der Waals surface area contributed by atoms with Gasteiger partial charge in [0.2, 0.25) is 5.92 Å². The Morgan fingerprint density at radius 1 is 1.11 bits per heavy atom. The Kier molecular flexibility index (Phi) is 7.29. The number of aryl methyl sites for hydroxylation is 2. The van der Waals surface area contributed by atoms with Gasteiger partial charge in [0.15, 0.2) is 0 Å². The number of nitrogens with zero attached hydrogens (tertiary/aromatic N) is 4. The molecule has 2 aromatic heterocycles. The van der Waals surface area contributed by atoms with Crippen LogP contribution in [0.5, 0.6) is 0 Å². The quantitative estimate of drug-likeness (QED) is 0.480. The van der Waals surface area contributed by atoms with E-state index < -0.39 is 17.8 Å². The van der Waals surface area contributed by atoms with Crippen LogP contribution in [0.15, 0.2) is 36.7 Å². The second kappa shape index (κ2) is 10.6. The number of ether oxygens (including phenoxy) is 1. The highest BCUT2D eigenvalue weighted by molar-refractivity contribution is 5.91. The highest BCUT2D eigenvalue weighted by atomic mass is 19.3. The zero-order chi connectivity index (χ0) is 26.9. The minimum absolute atomic E-state index is 0.0110. The smallest absolute Gasteiger partial charge is 0.319 e. The molecule has 0 unspecified atom stereocenters. The molecule has 3 heterocycles. The molecule has 2 N–H and O–H groups in total. The van der Waals surface area contributed by atoms with Crippen molar-refractivity contribution in [1.29, 1.82) is 0 Å². The van der Waals surface area contributed by atoms with Crippen molar-refractivity contribution in [2.75, 3.05) is 36.5 Å². The maximum Gasteiger partial charge on any atom is 0.319 e. The molecule has 0 atom stereocenters. The Labute approximate surface area is 219 Å². The average molecular weight is 529 g/mol. The van der Waals surface area contributed by atoms with Gasteiger partial charge in [-0.1, -0.05) is 0 Å². The van der Waals surface area contributed by atoms with Crippen LogP contribution in [0.25, 0.3) is 22.4 Å². The Hall–Kier alpha value is -3.60. The first-order chi connectivity index (χ1) is 18.2. The van der Waals surface area contributed by atoms with Crippen molar-refractivity contribution in [3.63, 3.8) is 0 Å². The monoisotopic (exact) mass is 528 g/mol. The van der Waals surface area contributed by atoms with Crippen molar-refractivity contribution in [2.45, 2.75) is 44.6 Å². The van der Waals surface area contributed by atoms with Crippen LogP contribution in [-0.2, 0) is 11.8 Å². The minimum atomic E-state index is -2.69. The van der Waals surface area contributed by atoms with E-state index in [1.807, 2.05) is 32.3 Å². The fourth-order valence-corrected chi connectivity index (χ4v) is 4.94. The highest BCUT2D eigenvalue weighted by Gasteiger charge is 2.35. The van der Waals surface area contributed by atoms with Gasteiger partial charge in [0.25, 0.3) is 0 Å². The summed E-state index contributed by atoms with van der Waals surface area (Å²) >= 11 is 0. The molecule has 5 rings (SSSR count). The Bertz CT molecular complexity index is 1310. The van der Waals surface area contributed by atoms with E-state index in [1.54, 1.807) is 16.9 Å². The molecule has 2 fully saturated rings. The number of pyridine rings is 1. The lowest BCUT2D eigenvalue weighted by atomic mass is 9.92. The molecule has 1 saturated heterocycles. The van der Waals surface area contributed by atoms with Crippen LogP contribution in [0.3, 0.4) is 0 Å². The van der Waals surface area contributed by atoms with Crippen molar-refractivity contribution in [1.82, 2.24) is 20.1 Å². The summed E-state index contributed by atoms with van der Waals surface area (Å²) in [5, 5.41) is 9.54. The van der Waals surface area contributed by atoms with Crippen LogP contribution in [-0.4, -0.2) is 59.1 Å². The Morgan fingerprint density at radius 3 is 2.53 bits per heavy atom. The lowest BCUT2D eigenvalue weighted by molar-refractivity contribution is -0.0394. The van der Waals surface area contributed by atoms with Crippen molar-refractivity contribution in [2.24, 2.45) is 7.05 Å². The zero-order valence-corrected chi connectivity index (χ0v) is 21.4. The first-order valence-electron chi connectivity index (χ1n) is 12.8. The summed E-state index contributed by atoms with van der Waals surface area (Å²) in [4.78, 5) is 19.6. The largest absolute Gasteiger partial charge is 0.378 e. The van der Waals surface area contributed by atoms with E-state index in [-0.39, 0.29) is 37.4 Å². The lowest BCUT2D eigenvalue weighted by Crippen LogP contribution is -2.42. The molecule has 0 bridgehead atoms. The van der Waals surface area contributed by atoms with Gasteiger partial charge < -0.3 is 20.3 Å². The van der Waals surface area contributed by atoms with Gasteiger partial charge in [-0.05, 0) is 60.7 Å². The predicted molar refractivity (Wildman–Crippen MR) is 139 cm³/mol. The van der Waals surface area contributed by atoms with E-state index in [4.69, 9.17) is 9.72 Å². The normalized spacial score (nSPS) is 17.9. The maximum atomic E-state index is 14.9. The molecule has 38 heavy (non-hydrogen) atoms. The van der Waals surface area contributed by atoms with Crippen molar-refractivity contribution in [3.05, 3.63) is 48.0 Å². The third-order valence-corrected chi connectivity index (χ3v) is 7.07. The first kappa shape index (κ1) is 26.0. The first-order valence-corrected chi connectivity index (χ1v) is 12.8. The molecular formula is C27H31F3N6O2. The van der Waals surface area contributed by atoms with Crippen molar-refractivity contribution >= 4 is 17.5 Å². The second-order valence-corrected chi connectivity index (χ2v) is 9.98. The molecule has 0 radical (unpaired) electrons. The number of hydrogen-bond acceptors (Lipinski definition) is 5. The van der Waals surface area contributed by atoms with Gasteiger partial charge in [0, 0.05) is 50.8 Å². The summed E-state index contributed by atoms with van der Waals surface area (Å²) in [6, 6.07) is 5.87. The number of aromatic nitrogens is 3. The standard InChI is InChI=1S/C27H31F3N6O2/c1-17-11-22(28)24(34-26(37)32-20-3-5-27(29,30)6-4-20)14-21(17)18-12-23(19-15-31-35(2)16-19)33-25(13-18)36-7-9-38-10-8-36/h11-16,20H,3-10H2,1-2H3,(H2,32,34,37). The van der Waals surface area contributed by atoms with Crippen LogP contribution >= 0.6 is 0 Å². The number of carbonyl (C=O) groups excluding carboxylic acids is 1. The molecule has 2 aliphatic rings. The number of halogens is 3. The summed E-state index contributed by atoms with van der Waals surface area (Å²) in [6.45, 7) is 4.41. The van der Waals surface area contributed by atoms with Gasteiger partial charge in [-0.15, -0.1) is 0 Å². The van der Waals surface area contributed by atoms with Gasteiger partial charge in [-0.2, -0.15) is 5.10 Å². The molecule has 3 aromatic rings.